The highest BCUT2D eigenvalue weighted by atomic mass is 19.4. The average molecular weight is 205 g/mol. The Morgan fingerprint density at radius 2 is 2.14 bits per heavy atom. The normalized spacial score (nSPS) is 12.9. The molecule has 0 aromatic rings. The lowest BCUT2D eigenvalue weighted by Gasteiger charge is -2.00. The maximum atomic E-state index is 11.7. The van der Waals surface area contributed by atoms with Crippen LogP contribution in [0.4, 0.5) is 13.2 Å². The van der Waals surface area contributed by atoms with E-state index in [0.717, 1.165) is 12.2 Å². The third-order valence-corrected chi connectivity index (χ3v) is 1.20. The summed E-state index contributed by atoms with van der Waals surface area (Å²) in [6.07, 6.45) is 0.322. The second-order valence-corrected chi connectivity index (χ2v) is 2.43. The van der Waals surface area contributed by atoms with Gasteiger partial charge in [0.05, 0.1) is 6.42 Å². The summed E-state index contributed by atoms with van der Waals surface area (Å²) in [5.41, 5.74) is 0. The minimum atomic E-state index is -4.22. The van der Waals surface area contributed by atoms with Gasteiger partial charge in [0.2, 0.25) is 0 Å². The molecule has 0 atom stereocenters. The third-order valence-electron chi connectivity index (χ3n) is 1.20. The number of nitriles is 1. The van der Waals surface area contributed by atoms with Gasteiger partial charge in [-0.15, -0.1) is 5.26 Å². The minimum absolute atomic E-state index is 0.138. The zero-order chi connectivity index (χ0) is 11.0. The Balaban J connectivity index is 4.18. The molecule has 0 rings (SSSR count). The number of rotatable bonds is 4. The van der Waals surface area contributed by atoms with Crippen molar-refractivity contribution in [3.63, 3.8) is 0 Å². The number of ether oxygens (including phenoxy) is 1. The van der Waals surface area contributed by atoms with Crippen LogP contribution >= 0.6 is 0 Å². The van der Waals surface area contributed by atoms with E-state index in [-0.39, 0.29) is 5.76 Å². The maximum Gasteiger partial charge on any atom is 0.392 e. The van der Waals surface area contributed by atoms with E-state index in [1.807, 2.05) is 0 Å². The predicted octanol–water partition coefficient (Wildman–Crippen LogP) is 3.29. The second kappa shape index (κ2) is 6.08. The molecule has 0 bridgehead atoms. The van der Waals surface area contributed by atoms with Gasteiger partial charge in [-0.3, -0.25) is 0 Å². The molecule has 0 unspecified atom stereocenters. The van der Waals surface area contributed by atoms with Gasteiger partial charge < -0.3 is 4.74 Å². The molecule has 0 N–H and O–H groups in total. The smallest absolute Gasteiger partial charge is 0.388 e. The Labute approximate surface area is 80.3 Å². The number of hydrogen-bond acceptors (Lipinski definition) is 2. The molecule has 0 saturated carbocycles. The lowest BCUT2D eigenvalue weighted by Crippen LogP contribution is -2.04. The van der Waals surface area contributed by atoms with E-state index in [2.05, 4.69) is 4.74 Å². The van der Waals surface area contributed by atoms with Gasteiger partial charge in [-0.1, -0.05) is 13.0 Å². The fourth-order valence-corrected chi connectivity index (χ4v) is 0.706. The number of allylic oxidation sites excluding steroid dienone is 3. The van der Waals surface area contributed by atoms with E-state index in [9.17, 15) is 13.2 Å². The van der Waals surface area contributed by atoms with E-state index >= 15 is 0 Å². The van der Waals surface area contributed by atoms with Gasteiger partial charge in [0.15, 0.2) is 0 Å². The van der Waals surface area contributed by atoms with Crippen molar-refractivity contribution in [1.29, 1.82) is 5.26 Å². The first-order valence-corrected chi connectivity index (χ1v) is 3.99. The van der Waals surface area contributed by atoms with Crippen LogP contribution < -0.4 is 0 Å². The molecule has 0 aliphatic rings. The molecule has 0 amide bonds. The zero-order valence-electron chi connectivity index (χ0n) is 7.64. The van der Waals surface area contributed by atoms with Gasteiger partial charge in [0.25, 0.3) is 6.26 Å². The summed E-state index contributed by atoms with van der Waals surface area (Å²) in [7, 11) is 0. The number of nitrogens with zero attached hydrogens (tertiary/aromatic N) is 1. The van der Waals surface area contributed by atoms with Gasteiger partial charge in [0, 0.05) is 0 Å². The average Bonchev–Trinajstić information content (AvgIpc) is 2.02. The molecule has 5 heteroatoms. The second-order valence-electron chi connectivity index (χ2n) is 2.43. The molecule has 78 valence electrons. The van der Waals surface area contributed by atoms with E-state index < -0.39 is 12.6 Å². The van der Waals surface area contributed by atoms with Gasteiger partial charge in [-0.25, -0.2) is 0 Å². The summed E-state index contributed by atoms with van der Waals surface area (Å²) >= 11 is 0. The molecule has 0 aromatic heterocycles. The Morgan fingerprint density at radius 3 is 2.57 bits per heavy atom. The van der Waals surface area contributed by atoms with E-state index in [4.69, 9.17) is 5.26 Å². The highest BCUT2D eigenvalue weighted by Crippen LogP contribution is 2.20. The molecule has 0 heterocycles. The van der Waals surface area contributed by atoms with Crippen LogP contribution in [0.1, 0.15) is 19.8 Å². The monoisotopic (exact) mass is 205 g/mol. The van der Waals surface area contributed by atoms with Crippen LogP contribution in [0.3, 0.4) is 0 Å². The van der Waals surface area contributed by atoms with Crippen molar-refractivity contribution in [3.05, 3.63) is 24.0 Å². The number of halogens is 3. The quantitative estimate of drug-likeness (QED) is 0.401. The van der Waals surface area contributed by atoms with Crippen molar-refractivity contribution in [1.82, 2.24) is 0 Å². The standard InChI is InChI=1S/C9H10F3NO/c1-2-4-8(14-7-13)5-3-6-9(10,11)12/h3-5H,2,6H2,1H3/b5-3-,8-4+. The molecule has 0 radical (unpaired) electrons. The third kappa shape index (κ3) is 7.22. The first-order valence-electron chi connectivity index (χ1n) is 3.99. The lowest BCUT2D eigenvalue weighted by molar-refractivity contribution is -0.125. The SMILES string of the molecule is CC/C=C(\C=C/CC(F)(F)F)OC#N. The van der Waals surface area contributed by atoms with Crippen molar-refractivity contribution >= 4 is 0 Å². The molecule has 0 aliphatic carbocycles. The molecule has 0 saturated heterocycles. The summed E-state index contributed by atoms with van der Waals surface area (Å²) in [6.45, 7) is 1.79. The molecular formula is C9H10F3NO. The van der Waals surface area contributed by atoms with Crippen LogP contribution in [0.2, 0.25) is 0 Å². The van der Waals surface area contributed by atoms with Crippen molar-refractivity contribution < 1.29 is 17.9 Å². The van der Waals surface area contributed by atoms with Gasteiger partial charge in [0.1, 0.15) is 5.76 Å². The summed E-state index contributed by atoms with van der Waals surface area (Å²) in [5.74, 6) is 0.138. The lowest BCUT2D eigenvalue weighted by atomic mass is 10.3. The van der Waals surface area contributed by atoms with E-state index in [1.165, 1.54) is 12.3 Å². The highest BCUT2D eigenvalue weighted by Gasteiger charge is 2.24. The summed E-state index contributed by atoms with van der Waals surface area (Å²) in [4.78, 5) is 0. The molecule has 0 aliphatic heterocycles. The minimum Gasteiger partial charge on any atom is -0.388 e. The van der Waals surface area contributed by atoms with Crippen LogP contribution in [0.5, 0.6) is 0 Å². The van der Waals surface area contributed by atoms with Gasteiger partial charge in [-0.05, 0) is 18.6 Å². The zero-order valence-corrected chi connectivity index (χ0v) is 7.64. The van der Waals surface area contributed by atoms with Crippen LogP contribution in [0, 0.1) is 11.5 Å². The van der Waals surface area contributed by atoms with E-state index in [0.29, 0.717) is 6.42 Å². The van der Waals surface area contributed by atoms with Crippen LogP contribution in [0.25, 0.3) is 0 Å². The molecule has 0 fully saturated rings. The highest BCUT2D eigenvalue weighted by molar-refractivity contribution is 5.13. The fraction of sp³-hybridized carbons (Fsp3) is 0.444. The molecule has 14 heavy (non-hydrogen) atoms. The first-order chi connectivity index (χ1) is 6.49. The van der Waals surface area contributed by atoms with Crippen molar-refractivity contribution in [2.75, 3.05) is 0 Å². The van der Waals surface area contributed by atoms with Crippen LogP contribution in [-0.2, 0) is 4.74 Å². The molecule has 0 spiro atoms. The Hall–Kier alpha value is -1.44. The van der Waals surface area contributed by atoms with Gasteiger partial charge in [-0.2, -0.15) is 13.2 Å². The van der Waals surface area contributed by atoms with Crippen LogP contribution in [0.15, 0.2) is 24.0 Å². The largest absolute Gasteiger partial charge is 0.392 e. The van der Waals surface area contributed by atoms with Crippen molar-refractivity contribution in [2.24, 2.45) is 0 Å². The summed E-state index contributed by atoms with van der Waals surface area (Å²) in [5, 5.41) is 8.15. The Morgan fingerprint density at radius 1 is 1.50 bits per heavy atom. The summed E-state index contributed by atoms with van der Waals surface area (Å²) < 4.78 is 39.5. The van der Waals surface area contributed by atoms with Crippen molar-refractivity contribution in [3.8, 4) is 6.26 Å². The van der Waals surface area contributed by atoms with Gasteiger partial charge >= 0.3 is 6.18 Å². The first kappa shape index (κ1) is 12.6. The molecular weight excluding hydrogens is 195 g/mol. The predicted molar refractivity (Wildman–Crippen MR) is 44.9 cm³/mol. The molecule has 2 nitrogen and oxygen atoms in total. The van der Waals surface area contributed by atoms with Crippen molar-refractivity contribution in [2.45, 2.75) is 25.9 Å². The van der Waals surface area contributed by atoms with Crippen LogP contribution in [-0.4, -0.2) is 6.18 Å². The molecule has 0 aromatic carbocycles. The fourth-order valence-electron chi connectivity index (χ4n) is 0.706. The van der Waals surface area contributed by atoms with E-state index in [1.54, 1.807) is 6.92 Å². The topological polar surface area (TPSA) is 33.0 Å². The number of hydrogen-bond donors (Lipinski definition) is 0. The Bertz CT molecular complexity index is 260. The Kier molecular flexibility index (Phi) is 5.46. The maximum absolute atomic E-state index is 11.7. The number of alkyl halides is 3. The summed E-state index contributed by atoms with van der Waals surface area (Å²) in [6, 6.07) is 0.